The van der Waals surface area contributed by atoms with Crippen molar-refractivity contribution in [2.45, 2.75) is 13.8 Å². The van der Waals surface area contributed by atoms with Crippen molar-refractivity contribution in [3.05, 3.63) is 35.4 Å². The molecule has 0 heterocycles. The van der Waals surface area contributed by atoms with Gasteiger partial charge in [0.25, 0.3) is 5.91 Å². The van der Waals surface area contributed by atoms with Gasteiger partial charge in [0.2, 0.25) is 0 Å². The number of carbonyl (C=O) groups is 2. The van der Waals surface area contributed by atoms with Gasteiger partial charge in [-0.15, -0.1) is 0 Å². The molecular formula is C13H18N2O3. The minimum Gasteiger partial charge on any atom is -0.450 e. The zero-order chi connectivity index (χ0) is 13.4. The summed E-state index contributed by atoms with van der Waals surface area (Å²) >= 11 is 0. The van der Waals surface area contributed by atoms with E-state index >= 15 is 0 Å². The Kier molecular flexibility index (Phi) is 5.70. The minimum absolute atomic E-state index is 0.149. The van der Waals surface area contributed by atoms with Crippen LogP contribution in [0.15, 0.2) is 24.3 Å². The lowest BCUT2D eigenvalue weighted by atomic mass is 10.1. The lowest BCUT2D eigenvalue weighted by Crippen LogP contribution is -2.34. The average molecular weight is 250 g/mol. The van der Waals surface area contributed by atoms with Gasteiger partial charge in [-0.05, 0) is 26.0 Å². The Morgan fingerprint density at radius 3 is 2.61 bits per heavy atom. The van der Waals surface area contributed by atoms with Crippen molar-refractivity contribution in [1.29, 1.82) is 0 Å². The predicted octanol–water partition coefficient (Wildman–Crippen LogP) is 1.47. The topological polar surface area (TPSA) is 67.4 Å². The van der Waals surface area contributed by atoms with Gasteiger partial charge >= 0.3 is 6.09 Å². The number of nitrogens with one attached hydrogen (secondary N) is 2. The Hall–Kier alpha value is -2.04. The molecule has 0 unspecified atom stereocenters. The van der Waals surface area contributed by atoms with Gasteiger partial charge in [0, 0.05) is 18.7 Å². The molecule has 0 saturated heterocycles. The van der Waals surface area contributed by atoms with Crippen LogP contribution in [0.5, 0.6) is 0 Å². The van der Waals surface area contributed by atoms with E-state index < -0.39 is 6.09 Å². The molecule has 5 heteroatoms. The van der Waals surface area contributed by atoms with Gasteiger partial charge in [-0.3, -0.25) is 4.79 Å². The first-order chi connectivity index (χ1) is 8.63. The molecule has 0 fully saturated rings. The predicted molar refractivity (Wildman–Crippen MR) is 68.5 cm³/mol. The smallest absolute Gasteiger partial charge is 0.407 e. The molecule has 18 heavy (non-hydrogen) atoms. The first kappa shape index (κ1) is 14.0. The molecular weight excluding hydrogens is 232 g/mol. The molecule has 1 aromatic carbocycles. The molecule has 1 rings (SSSR count). The molecule has 5 nitrogen and oxygen atoms in total. The number of rotatable bonds is 5. The Labute approximate surface area is 107 Å². The van der Waals surface area contributed by atoms with Crippen LogP contribution < -0.4 is 10.6 Å². The molecule has 98 valence electrons. The van der Waals surface area contributed by atoms with E-state index in [0.29, 0.717) is 25.3 Å². The third kappa shape index (κ3) is 4.86. The van der Waals surface area contributed by atoms with Crippen molar-refractivity contribution < 1.29 is 14.3 Å². The Bertz CT molecular complexity index is 418. The summed E-state index contributed by atoms with van der Waals surface area (Å²) in [6.45, 7) is 4.71. The lowest BCUT2D eigenvalue weighted by molar-refractivity contribution is 0.0952. The zero-order valence-corrected chi connectivity index (χ0v) is 10.7. The molecule has 2 N–H and O–H groups in total. The number of ether oxygens (including phenoxy) is 1. The van der Waals surface area contributed by atoms with Crippen LogP contribution >= 0.6 is 0 Å². The van der Waals surface area contributed by atoms with Crippen LogP contribution in [-0.2, 0) is 4.74 Å². The van der Waals surface area contributed by atoms with E-state index in [9.17, 15) is 9.59 Å². The van der Waals surface area contributed by atoms with Gasteiger partial charge in [0.1, 0.15) is 0 Å². The summed E-state index contributed by atoms with van der Waals surface area (Å²) in [6, 6.07) is 7.33. The highest BCUT2D eigenvalue weighted by atomic mass is 16.5. The third-order valence-corrected chi connectivity index (χ3v) is 2.24. The summed E-state index contributed by atoms with van der Waals surface area (Å²) < 4.78 is 4.69. The molecule has 0 atom stereocenters. The molecule has 0 aromatic heterocycles. The van der Waals surface area contributed by atoms with Crippen molar-refractivity contribution in [3.63, 3.8) is 0 Å². The normalized spacial score (nSPS) is 9.67. The molecule has 0 saturated carbocycles. The first-order valence-corrected chi connectivity index (χ1v) is 5.89. The summed E-state index contributed by atoms with van der Waals surface area (Å²) in [4.78, 5) is 22.7. The highest BCUT2D eigenvalue weighted by molar-refractivity contribution is 5.94. The second-order valence-corrected chi connectivity index (χ2v) is 3.77. The second-order valence-electron chi connectivity index (χ2n) is 3.77. The summed E-state index contributed by atoms with van der Waals surface area (Å²) in [5.74, 6) is -0.149. The Morgan fingerprint density at radius 2 is 1.94 bits per heavy atom. The van der Waals surface area contributed by atoms with Gasteiger partial charge < -0.3 is 15.4 Å². The summed E-state index contributed by atoms with van der Waals surface area (Å²) in [6.07, 6.45) is -0.470. The molecule has 0 bridgehead atoms. The van der Waals surface area contributed by atoms with Crippen LogP contribution in [0.1, 0.15) is 22.8 Å². The SMILES string of the molecule is CCOC(=O)NCCNC(=O)c1cccc(C)c1. The second kappa shape index (κ2) is 7.32. The number of hydrogen-bond donors (Lipinski definition) is 2. The molecule has 1 aromatic rings. The maximum atomic E-state index is 11.7. The van der Waals surface area contributed by atoms with Crippen molar-refractivity contribution in [2.75, 3.05) is 19.7 Å². The van der Waals surface area contributed by atoms with E-state index in [4.69, 9.17) is 0 Å². The number of carbonyl (C=O) groups excluding carboxylic acids is 2. The Morgan fingerprint density at radius 1 is 1.22 bits per heavy atom. The van der Waals surface area contributed by atoms with E-state index in [1.54, 1.807) is 13.0 Å². The van der Waals surface area contributed by atoms with Crippen molar-refractivity contribution in [3.8, 4) is 0 Å². The minimum atomic E-state index is -0.470. The lowest BCUT2D eigenvalue weighted by Gasteiger charge is -2.07. The number of hydrogen-bond acceptors (Lipinski definition) is 3. The van der Waals surface area contributed by atoms with Gasteiger partial charge in [-0.2, -0.15) is 0 Å². The fourth-order valence-electron chi connectivity index (χ4n) is 1.41. The maximum Gasteiger partial charge on any atom is 0.407 e. The quantitative estimate of drug-likeness (QED) is 0.778. The third-order valence-electron chi connectivity index (χ3n) is 2.24. The fourth-order valence-corrected chi connectivity index (χ4v) is 1.41. The van der Waals surface area contributed by atoms with Crippen LogP contribution in [0.25, 0.3) is 0 Å². The molecule has 0 aliphatic carbocycles. The molecule has 0 spiro atoms. The Balaban J connectivity index is 2.27. The van der Waals surface area contributed by atoms with Crippen molar-refractivity contribution in [2.24, 2.45) is 0 Å². The van der Waals surface area contributed by atoms with E-state index in [1.165, 1.54) is 0 Å². The number of amides is 2. The monoisotopic (exact) mass is 250 g/mol. The van der Waals surface area contributed by atoms with Crippen molar-refractivity contribution in [1.82, 2.24) is 10.6 Å². The highest BCUT2D eigenvalue weighted by Crippen LogP contribution is 2.03. The number of benzene rings is 1. The number of aryl methyl sites for hydroxylation is 1. The van der Waals surface area contributed by atoms with E-state index in [-0.39, 0.29) is 5.91 Å². The highest BCUT2D eigenvalue weighted by Gasteiger charge is 2.04. The first-order valence-electron chi connectivity index (χ1n) is 5.89. The van der Waals surface area contributed by atoms with Gasteiger partial charge in [-0.1, -0.05) is 17.7 Å². The molecule has 0 aliphatic heterocycles. The summed E-state index contributed by atoms with van der Waals surface area (Å²) in [5, 5.41) is 5.24. The van der Waals surface area contributed by atoms with E-state index in [1.807, 2.05) is 25.1 Å². The van der Waals surface area contributed by atoms with Gasteiger partial charge in [0.05, 0.1) is 6.61 Å². The average Bonchev–Trinajstić information content (AvgIpc) is 2.35. The molecule has 0 aliphatic rings. The summed E-state index contributed by atoms with van der Waals surface area (Å²) in [7, 11) is 0. The van der Waals surface area contributed by atoms with Crippen LogP contribution in [0.4, 0.5) is 4.79 Å². The van der Waals surface area contributed by atoms with Crippen molar-refractivity contribution >= 4 is 12.0 Å². The standard InChI is InChI=1S/C13H18N2O3/c1-3-18-13(17)15-8-7-14-12(16)11-6-4-5-10(2)9-11/h4-6,9H,3,7-8H2,1-2H3,(H,14,16)(H,15,17). The van der Waals surface area contributed by atoms with Gasteiger partial charge in [0.15, 0.2) is 0 Å². The summed E-state index contributed by atoms with van der Waals surface area (Å²) in [5.41, 5.74) is 1.65. The van der Waals surface area contributed by atoms with E-state index in [2.05, 4.69) is 15.4 Å². The maximum absolute atomic E-state index is 11.7. The van der Waals surface area contributed by atoms with Crippen LogP contribution in [0.3, 0.4) is 0 Å². The van der Waals surface area contributed by atoms with Gasteiger partial charge in [-0.25, -0.2) is 4.79 Å². The van der Waals surface area contributed by atoms with Crippen LogP contribution in [-0.4, -0.2) is 31.7 Å². The zero-order valence-electron chi connectivity index (χ0n) is 10.7. The van der Waals surface area contributed by atoms with Crippen LogP contribution in [0.2, 0.25) is 0 Å². The van der Waals surface area contributed by atoms with E-state index in [0.717, 1.165) is 5.56 Å². The molecule has 0 radical (unpaired) electrons. The number of alkyl carbamates (subject to hydrolysis) is 1. The van der Waals surface area contributed by atoms with Crippen LogP contribution in [0, 0.1) is 6.92 Å². The largest absolute Gasteiger partial charge is 0.450 e. The molecule has 2 amide bonds. The fraction of sp³-hybridized carbons (Fsp3) is 0.385.